The highest BCUT2D eigenvalue weighted by Gasteiger charge is 2.24. The minimum atomic E-state index is -1.28. The standard InChI is InChI=1S/C10H7NO6S.C2H7N/c1-17-8-4(6(13)7(8)14)11-3-2-18-9(5(3)12)10(15)16;1-3-2/h2,11-12H,1H3,(H,15,16);3H,1-2H3. The number of hydrogen-bond donors (Lipinski definition) is 4. The molecule has 0 spiro atoms. The first-order valence-corrected chi connectivity index (χ1v) is 6.53. The Morgan fingerprint density at radius 3 is 2.29 bits per heavy atom. The summed E-state index contributed by atoms with van der Waals surface area (Å²) in [6.45, 7) is 0. The van der Waals surface area contributed by atoms with Gasteiger partial charge in [0.05, 0.1) is 12.8 Å². The third-order valence-corrected chi connectivity index (χ3v) is 3.25. The van der Waals surface area contributed by atoms with Crippen LogP contribution in [0.1, 0.15) is 9.67 Å². The molecule has 1 aromatic heterocycles. The monoisotopic (exact) mass is 314 g/mol. The Balaban J connectivity index is 0.000000677. The summed E-state index contributed by atoms with van der Waals surface area (Å²) in [5.74, 6) is -1.90. The molecule has 0 radical (unpaired) electrons. The predicted molar refractivity (Wildman–Crippen MR) is 79.1 cm³/mol. The average molecular weight is 314 g/mol. The normalized spacial score (nSPS) is 9.86. The number of thiophene rings is 1. The van der Waals surface area contributed by atoms with Crippen LogP contribution in [0.5, 0.6) is 11.5 Å². The second kappa shape index (κ2) is 6.86. The van der Waals surface area contributed by atoms with E-state index in [1.165, 1.54) is 12.5 Å². The van der Waals surface area contributed by atoms with E-state index in [1.54, 1.807) is 0 Å². The van der Waals surface area contributed by atoms with Gasteiger partial charge in [-0.25, -0.2) is 4.79 Å². The van der Waals surface area contributed by atoms with E-state index in [0.29, 0.717) is 0 Å². The minimum absolute atomic E-state index is 0.0443. The van der Waals surface area contributed by atoms with Crippen molar-refractivity contribution in [2.45, 2.75) is 0 Å². The molecule has 114 valence electrons. The molecule has 2 rings (SSSR count). The summed E-state index contributed by atoms with van der Waals surface area (Å²) in [6, 6.07) is 0. The number of aromatic hydroxyl groups is 1. The van der Waals surface area contributed by atoms with Gasteiger partial charge in [0, 0.05) is 5.38 Å². The first kappa shape index (κ1) is 16.7. The summed E-state index contributed by atoms with van der Waals surface area (Å²) in [6.07, 6.45) is 0. The molecule has 1 heterocycles. The van der Waals surface area contributed by atoms with Gasteiger partial charge in [0.2, 0.25) is 0 Å². The number of anilines is 2. The SMILES string of the molecule is CNC.COc1c(Nc2csc(C(=O)O)c2O)c(=O)c1=O. The Hall–Kier alpha value is -2.39. The summed E-state index contributed by atoms with van der Waals surface area (Å²) in [4.78, 5) is 32.8. The maximum Gasteiger partial charge on any atom is 0.349 e. The third kappa shape index (κ3) is 3.20. The molecule has 1 aromatic carbocycles. The minimum Gasteiger partial charge on any atom is -0.504 e. The van der Waals surface area contributed by atoms with E-state index in [2.05, 4.69) is 10.6 Å². The van der Waals surface area contributed by atoms with Gasteiger partial charge in [0.1, 0.15) is 5.69 Å². The van der Waals surface area contributed by atoms with Crippen LogP contribution < -0.4 is 26.2 Å². The first-order chi connectivity index (χ1) is 9.88. The van der Waals surface area contributed by atoms with Crippen molar-refractivity contribution in [2.75, 3.05) is 26.5 Å². The van der Waals surface area contributed by atoms with Crippen LogP contribution in [0.3, 0.4) is 0 Å². The van der Waals surface area contributed by atoms with Crippen LogP contribution in [0.25, 0.3) is 0 Å². The van der Waals surface area contributed by atoms with Crippen LogP contribution >= 0.6 is 11.3 Å². The van der Waals surface area contributed by atoms with Gasteiger partial charge in [-0.1, -0.05) is 0 Å². The molecule has 0 unspecified atom stereocenters. The lowest BCUT2D eigenvalue weighted by Crippen LogP contribution is -2.34. The zero-order chi connectivity index (χ0) is 16.2. The fourth-order valence-corrected chi connectivity index (χ4v) is 2.13. The van der Waals surface area contributed by atoms with Crippen LogP contribution in [-0.2, 0) is 0 Å². The predicted octanol–water partition coefficient (Wildman–Crippen LogP) is 0.336. The van der Waals surface area contributed by atoms with Gasteiger partial charge < -0.3 is 25.6 Å². The second-order valence-corrected chi connectivity index (χ2v) is 4.70. The number of carboxylic acids is 1. The van der Waals surface area contributed by atoms with E-state index in [4.69, 9.17) is 9.84 Å². The topological polar surface area (TPSA) is 125 Å². The number of hydrogen-bond acceptors (Lipinski definition) is 8. The smallest absolute Gasteiger partial charge is 0.349 e. The lowest BCUT2D eigenvalue weighted by Gasteiger charge is -2.10. The van der Waals surface area contributed by atoms with Gasteiger partial charge in [0.15, 0.2) is 16.4 Å². The fourth-order valence-electron chi connectivity index (χ4n) is 1.41. The number of ether oxygens (including phenoxy) is 1. The second-order valence-electron chi connectivity index (χ2n) is 3.82. The van der Waals surface area contributed by atoms with Crippen molar-refractivity contribution in [2.24, 2.45) is 0 Å². The largest absolute Gasteiger partial charge is 0.504 e. The van der Waals surface area contributed by atoms with E-state index in [9.17, 15) is 19.5 Å². The molecule has 9 heteroatoms. The van der Waals surface area contributed by atoms with Crippen molar-refractivity contribution < 1.29 is 19.7 Å². The summed E-state index contributed by atoms with van der Waals surface area (Å²) in [7, 11) is 4.98. The summed E-state index contributed by atoms with van der Waals surface area (Å²) in [5.41, 5.74) is -1.57. The van der Waals surface area contributed by atoms with Crippen LogP contribution in [-0.4, -0.2) is 37.4 Å². The molecule has 0 saturated carbocycles. The van der Waals surface area contributed by atoms with Gasteiger partial charge in [-0.15, -0.1) is 11.3 Å². The van der Waals surface area contributed by atoms with Gasteiger partial charge in [-0.05, 0) is 14.1 Å². The highest BCUT2D eigenvalue weighted by atomic mass is 32.1. The van der Waals surface area contributed by atoms with Gasteiger partial charge in [-0.2, -0.15) is 0 Å². The number of rotatable bonds is 4. The van der Waals surface area contributed by atoms with Gasteiger partial charge in [-0.3, -0.25) is 9.59 Å². The van der Waals surface area contributed by atoms with E-state index in [1.807, 2.05) is 14.1 Å². The Morgan fingerprint density at radius 2 is 1.86 bits per heavy atom. The maximum atomic E-state index is 11.2. The van der Waals surface area contributed by atoms with Crippen molar-refractivity contribution >= 4 is 28.7 Å². The molecular weight excluding hydrogens is 300 g/mol. The van der Waals surface area contributed by atoms with Crippen molar-refractivity contribution in [3.05, 3.63) is 30.7 Å². The van der Waals surface area contributed by atoms with E-state index in [-0.39, 0.29) is 22.0 Å². The molecule has 0 saturated heterocycles. The quantitative estimate of drug-likeness (QED) is 0.595. The molecule has 0 bridgehead atoms. The van der Waals surface area contributed by atoms with Crippen molar-refractivity contribution in [3.8, 4) is 11.5 Å². The summed E-state index contributed by atoms with van der Waals surface area (Å²) >= 11 is 0.800. The average Bonchev–Trinajstić information content (AvgIpc) is 2.80. The molecule has 4 N–H and O–H groups in total. The molecule has 2 aromatic rings. The number of aromatic carboxylic acids is 1. The highest BCUT2D eigenvalue weighted by Crippen LogP contribution is 2.36. The molecule has 21 heavy (non-hydrogen) atoms. The zero-order valence-electron chi connectivity index (χ0n) is 11.5. The molecule has 0 fully saturated rings. The van der Waals surface area contributed by atoms with E-state index >= 15 is 0 Å². The van der Waals surface area contributed by atoms with Crippen LogP contribution in [0.4, 0.5) is 11.4 Å². The molecule has 0 aliphatic heterocycles. The zero-order valence-corrected chi connectivity index (χ0v) is 12.3. The highest BCUT2D eigenvalue weighted by molar-refractivity contribution is 7.12. The van der Waals surface area contributed by atoms with Crippen LogP contribution in [0, 0.1) is 0 Å². The van der Waals surface area contributed by atoms with E-state index < -0.39 is 22.6 Å². The van der Waals surface area contributed by atoms with E-state index in [0.717, 1.165) is 11.3 Å². The lowest BCUT2D eigenvalue weighted by molar-refractivity contribution is 0.0699. The van der Waals surface area contributed by atoms with Gasteiger partial charge in [0.25, 0.3) is 10.9 Å². The number of carbonyl (C=O) groups is 1. The first-order valence-electron chi connectivity index (χ1n) is 5.65. The summed E-state index contributed by atoms with van der Waals surface area (Å²) in [5, 5.41) is 24.9. The summed E-state index contributed by atoms with van der Waals surface area (Å²) < 4.78 is 4.70. The number of carboxylic acid groups (broad SMARTS) is 1. The van der Waals surface area contributed by atoms with Crippen molar-refractivity contribution in [3.63, 3.8) is 0 Å². The van der Waals surface area contributed by atoms with Gasteiger partial charge >= 0.3 is 5.97 Å². The fraction of sp³-hybridized carbons (Fsp3) is 0.250. The Kier molecular flexibility index (Phi) is 5.44. The van der Waals surface area contributed by atoms with Crippen molar-refractivity contribution in [1.82, 2.24) is 5.32 Å². The maximum absolute atomic E-state index is 11.2. The van der Waals surface area contributed by atoms with Crippen molar-refractivity contribution in [1.29, 1.82) is 0 Å². The van der Waals surface area contributed by atoms with Crippen LogP contribution in [0.2, 0.25) is 0 Å². The molecule has 8 nitrogen and oxygen atoms in total. The van der Waals surface area contributed by atoms with Crippen LogP contribution in [0.15, 0.2) is 15.0 Å². The lowest BCUT2D eigenvalue weighted by atomic mass is 10.2. The Bertz CT molecular complexity index is 714. The third-order valence-electron chi connectivity index (χ3n) is 2.29. The number of nitrogens with one attached hydrogen (secondary N) is 2. The Labute approximate surface area is 123 Å². The molecule has 0 amide bonds. The Morgan fingerprint density at radius 1 is 1.29 bits per heavy atom. The molecular formula is C12H14N2O6S. The molecule has 0 aliphatic rings. The molecule has 0 atom stereocenters. The molecule has 0 aliphatic carbocycles. The number of methoxy groups -OCH3 is 1.